The minimum Gasteiger partial charge on any atom is -0.496 e. The second-order valence-corrected chi connectivity index (χ2v) is 4.70. The van der Waals surface area contributed by atoms with Crippen LogP contribution in [0.1, 0.15) is 24.2 Å². The first kappa shape index (κ1) is 14.4. The summed E-state index contributed by atoms with van der Waals surface area (Å²) in [6.45, 7) is 3.92. The third-order valence-electron chi connectivity index (χ3n) is 3.12. The van der Waals surface area contributed by atoms with Crippen LogP contribution in [0, 0.1) is 5.82 Å². The molecule has 0 aliphatic carbocycles. The lowest BCUT2D eigenvalue weighted by atomic mass is 10.0. The fraction of sp³-hybridized carbons (Fsp3) is 0.462. The molecule has 0 fully saturated rings. The van der Waals surface area contributed by atoms with Gasteiger partial charge in [-0.1, -0.05) is 6.07 Å². The maximum Gasteiger partial charge on any atom is 0.260 e. The Labute approximate surface area is 107 Å². The van der Waals surface area contributed by atoms with Gasteiger partial charge in [0, 0.05) is 19.1 Å². The summed E-state index contributed by atoms with van der Waals surface area (Å²) in [5.41, 5.74) is 5.00. The first-order valence-corrected chi connectivity index (χ1v) is 5.66. The van der Waals surface area contributed by atoms with Gasteiger partial charge in [-0.05, 0) is 26.0 Å². The van der Waals surface area contributed by atoms with Crippen LogP contribution in [0.4, 0.5) is 4.39 Å². The van der Waals surface area contributed by atoms with Gasteiger partial charge in [0.05, 0.1) is 7.11 Å². The number of carbonyl (C=O) groups excluding carboxylic acids is 1. The van der Waals surface area contributed by atoms with Gasteiger partial charge >= 0.3 is 0 Å². The molecule has 0 aliphatic rings. The van der Waals surface area contributed by atoms with Gasteiger partial charge in [-0.15, -0.1) is 0 Å². The Morgan fingerprint density at radius 1 is 1.50 bits per heavy atom. The molecule has 1 rings (SSSR count). The molecule has 5 heteroatoms. The van der Waals surface area contributed by atoms with Crippen molar-refractivity contribution in [2.24, 2.45) is 5.73 Å². The molecule has 0 bridgehead atoms. The van der Waals surface area contributed by atoms with Gasteiger partial charge in [0.1, 0.15) is 17.1 Å². The van der Waals surface area contributed by atoms with Crippen LogP contribution in [-0.4, -0.2) is 37.0 Å². The molecule has 0 radical (unpaired) electrons. The summed E-state index contributed by atoms with van der Waals surface area (Å²) in [6, 6.07) is 4.29. The highest BCUT2D eigenvalue weighted by Gasteiger charge is 2.30. The smallest absolute Gasteiger partial charge is 0.260 e. The van der Waals surface area contributed by atoms with Crippen molar-refractivity contribution in [2.45, 2.75) is 19.4 Å². The van der Waals surface area contributed by atoms with Crippen molar-refractivity contribution in [1.82, 2.24) is 4.90 Å². The molecular formula is C13H19FN2O2. The van der Waals surface area contributed by atoms with Crippen LogP contribution in [0.5, 0.6) is 5.75 Å². The predicted molar refractivity (Wildman–Crippen MR) is 68.2 cm³/mol. The summed E-state index contributed by atoms with van der Waals surface area (Å²) >= 11 is 0. The van der Waals surface area contributed by atoms with E-state index in [4.69, 9.17) is 10.5 Å². The Balaban J connectivity index is 3.19. The Bertz CT molecular complexity index is 447. The second-order valence-electron chi connectivity index (χ2n) is 4.70. The number of ether oxygens (including phenoxy) is 1. The molecule has 0 atom stereocenters. The third kappa shape index (κ3) is 2.61. The minimum atomic E-state index is -0.598. The molecule has 0 spiro atoms. The lowest BCUT2D eigenvalue weighted by molar-refractivity contribution is 0.0632. The van der Waals surface area contributed by atoms with Gasteiger partial charge < -0.3 is 15.4 Å². The molecule has 2 N–H and O–H groups in total. The maximum absolute atomic E-state index is 13.8. The van der Waals surface area contributed by atoms with E-state index in [1.807, 2.05) is 13.8 Å². The zero-order valence-corrected chi connectivity index (χ0v) is 11.2. The van der Waals surface area contributed by atoms with Crippen molar-refractivity contribution in [2.75, 3.05) is 20.7 Å². The van der Waals surface area contributed by atoms with Gasteiger partial charge in [0.25, 0.3) is 5.91 Å². The van der Waals surface area contributed by atoms with E-state index in [1.54, 1.807) is 13.1 Å². The SMILES string of the molecule is COc1cccc(F)c1C(=O)N(C)C(C)(C)CN. The number of amides is 1. The zero-order valence-electron chi connectivity index (χ0n) is 11.2. The molecular weight excluding hydrogens is 235 g/mol. The highest BCUT2D eigenvalue weighted by Crippen LogP contribution is 2.25. The monoisotopic (exact) mass is 254 g/mol. The number of carbonyl (C=O) groups is 1. The Morgan fingerprint density at radius 2 is 2.11 bits per heavy atom. The highest BCUT2D eigenvalue weighted by molar-refractivity contribution is 5.97. The van der Waals surface area contributed by atoms with E-state index in [0.29, 0.717) is 0 Å². The number of nitrogens with zero attached hydrogens (tertiary/aromatic N) is 1. The number of rotatable bonds is 4. The minimum absolute atomic E-state index is 0.0657. The normalized spacial score (nSPS) is 11.2. The highest BCUT2D eigenvalue weighted by atomic mass is 19.1. The van der Waals surface area contributed by atoms with Crippen LogP contribution in [0.15, 0.2) is 18.2 Å². The van der Waals surface area contributed by atoms with Crippen molar-refractivity contribution in [1.29, 1.82) is 0 Å². The standard InChI is InChI=1S/C13H19FN2O2/c1-13(2,8-15)16(3)12(17)11-9(14)6-5-7-10(11)18-4/h5-7H,8,15H2,1-4H3. The molecule has 100 valence electrons. The molecule has 18 heavy (non-hydrogen) atoms. The van der Waals surface area contributed by atoms with Gasteiger partial charge in [-0.2, -0.15) is 0 Å². The Kier molecular flexibility index (Phi) is 4.29. The van der Waals surface area contributed by atoms with E-state index < -0.39 is 17.3 Å². The van der Waals surface area contributed by atoms with Gasteiger partial charge in [0.2, 0.25) is 0 Å². The molecule has 0 heterocycles. The van der Waals surface area contributed by atoms with E-state index in [1.165, 1.54) is 24.1 Å². The summed E-state index contributed by atoms with van der Waals surface area (Å²) < 4.78 is 18.8. The summed E-state index contributed by atoms with van der Waals surface area (Å²) in [7, 11) is 3.00. The van der Waals surface area contributed by atoms with Crippen molar-refractivity contribution in [3.8, 4) is 5.75 Å². The predicted octanol–water partition coefficient (Wildman–Crippen LogP) is 1.64. The molecule has 0 unspecified atom stereocenters. The number of benzene rings is 1. The number of halogens is 1. The quantitative estimate of drug-likeness (QED) is 0.888. The van der Waals surface area contributed by atoms with Gasteiger partial charge in [-0.25, -0.2) is 4.39 Å². The Morgan fingerprint density at radius 3 is 2.61 bits per heavy atom. The van der Waals surface area contributed by atoms with Crippen LogP contribution in [0.2, 0.25) is 0 Å². The molecule has 0 saturated heterocycles. The van der Waals surface area contributed by atoms with E-state index in [9.17, 15) is 9.18 Å². The molecule has 4 nitrogen and oxygen atoms in total. The Hall–Kier alpha value is -1.62. The first-order valence-electron chi connectivity index (χ1n) is 5.66. The average Bonchev–Trinajstić information content (AvgIpc) is 2.36. The number of nitrogens with two attached hydrogens (primary N) is 1. The molecule has 1 amide bonds. The topological polar surface area (TPSA) is 55.6 Å². The van der Waals surface area contributed by atoms with Crippen molar-refractivity contribution in [3.05, 3.63) is 29.6 Å². The van der Waals surface area contributed by atoms with Crippen LogP contribution in [0.25, 0.3) is 0 Å². The van der Waals surface area contributed by atoms with Crippen molar-refractivity contribution in [3.63, 3.8) is 0 Å². The first-order chi connectivity index (χ1) is 8.35. The number of likely N-dealkylation sites (N-methyl/N-ethyl adjacent to an activating group) is 1. The van der Waals surface area contributed by atoms with E-state index in [2.05, 4.69) is 0 Å². The van der Waals surface area contributed by atoms with Crippen LogP contribution >= 0.6 is 0 Å². The number of hydrogen-bond donors (Lipinski definition) is 1. The summed E-state index contributed by atoms with van der Waals surface area (Å²) in [6.07, 6.45) is 0. The molecule has 1 aromatic carbocycles. The third-order valence-corrected chi connectivity index (χ3v) is 3.12. The second kappa shape index (κ2) is 5.35. The van der Waals surface area contributed by atoms with E-state index in [-0.39, 0.29) is 17.9 Å². The van der Waals surface area contributed by atoms with Crippen molar-refractivity contribution < 1.29 is 13.9 Å². The maximum atomic E-state index is 13.8. The molecule has 1 aromatic rings. The van der Waals surface area contributed by atoms with Crippen LogP contribution in [0.3, 0.4) is 0 Å². The van der Waals surface area contributed by atoms with Crippen molar-refractivity contribution >= 4 is 5.91 Å². The average molecular weight is 254 g/mol. The number of hydrogen-bond acceptors (Lipinski definition) is 3. The fourth-order valence-electron chi connectivity index (χ4n) is 1.46. The summed E-state index contributed by atoms with van der Waals surface area (Å²) in [5.74, 6) is -0.820. The lowest BCUT2D eigenvalue weighted by Gasteiger charge is -2.34. The van der Waals surface area contributed by atoms with Gasteiger partial charge in [0.15, 0.2) is 0 Å². The largest absolute Gasteiger partial charge is 0.496 e. The van der Waals surface area contributed by atoms with E-state index in [0.717, 1.165) is 0 Å². The summed E-state index contributed by atoms with van der Waals surface area (Å²) in [4.78, 5) is 13.7. The summed E-state index contributed by atoms with van der Waals surface area (Å²) in [5, 5.41) is 0. The molecule has 0 saturated carbocycles. The van der Waals surface area contributed by atoms with Gasteiger partial charge in [-0.3, -0.25) is 4.79 Å². The zero-order chi connectivity index (χ0) is 13.9. The van der Waals surface area contributed by atoms with E-state index >= 15 is 0 Å². The fourth-order valence-corrected chi connectivity index (χ4v) is 1.46. The van der Waals surface area contributed by atoms with Crippen LogP contribution in [-0.2, 0) is 0 Å². The molecule has 0 aliphatic heterocycles. The molecule has 0 aromatic heterocycles. The lowest BCUT2D eigenvalue weighted by Crippen LogP contribution is -2.50. The van der Waals surface area contributed by atoms with Crippen LogP contribution < -0.4 is 10.5 Å². The number of methoxy groups -OCH3 is 1.